The Labute approximate surface area is 184 Å². The number of hydrogen-bond acceptors (Lipinski definition) is 6. The topological polar surface area (TPSA) is 84.9 Å². The smallest absolute Gasteiger partial charge is 0.221 e. The molecule has 0 bridgehead atoms. The molecular weight excluding hydrogens is 416 g/mol. The maximum Gasteiger partial charge on any atom is 0.221 e. The van der Waals surface area contributed by atoms with Crippen molar-refractivity contribution in [3.8, 4) is 5.75 Å². The van der Waals surface area contributed by atoms with Crippen molar-refractivity contribution >= 4 is 15.7 Å². The molecule has 1 aliphatic rings. The van der Waals surface area contributed by atoms with Gasteiger partial charge in [-0.3, -0.25) is 9.69 Å². The van der Waals surface area contributed by atoms with Gasteiger partial charge in [-0.05, 0) is 36.8 Å². The van der Waals surface area contributed by atoms with Crippen LogP contribution in [0.25, 0.3) is 0 Å². The summed E-state index contributed by atoms with van der Waals surface area (Å²) in [5, 5.41) is 2.79. The number of carbonyl (C=O) groups excluding carboxylic acids is 1. The van der Waals surface area contributed by atoms with E-state index in [9.17, 15) is 13.2 Å². The summed E-state index contributed by atoms with van der Waals surface area (Å²) in [5.74, 6) is 0.239. The normalized spacial score (nSPS) is 14.9. The zero-order valence-corrected chi connectivity index (χ0v) is 18.7. The Morgan fingerprint density at radius 3 is 2.61 bits per heavy atom. The number of nitrogens with zero attached hydrogens (tertiary/aromatic N) is 1. The fourth-order valence-corrected chi connectivity index (χ4v) is 4.48. The quantitative estimate of drug-likeness (QED) is 0.602. The lowest BCUT2D eigenvalue weighted by Gasteiger charge is -2.26. The number of amides is 1. The molecule has 1 aliphatic heterocycles. The first kappa shape index (κ1) is 23.2. The van der Waals surface area contributed by atoms with E-state index >= 15 is 0 Å². The highest BCUT2D eigenvalue weighted by Crippen LogP contribution is 2.15. The van der Waals surface area contributed by atoms with E-state index in [1.807, 2.05) is 31.2 Å². The standard InChI is InChI=1S/C23H30N2O5S/c1-19-5-7-22(8-6-19)31(27,28)16-9-23(26)24-18-20-3-2-4-21(17-20)30-15-12-25-10-13-29-14-11-25/h2-8,17H,9-16,18H2,1H3,(H,24,26). The largest absolute Gasteiger partial charge is 0.492 e. The molecular formula is C23H30N2O5S. The van der Waals surface area contributed by atoms with Crippen LogP contribution in [0.15, 0.2) is 53.4 Å². The van der Waals surface area contributed by atoms with Crippen molar-refractivity contribution in [2.45, 2.75) is 24.8 Å². The van der Waals surface area contributed by atoms with Gasteiger partial charge < -0.3 is 14.8 Å². The van der Waals surface area contributed by atoms with Crippen LogP contribution in [-0.2, 0) is 25.9 Å². The molecule has 31 heavy (non-hydrogen) atoms. The molecule has 168 valence electrons. The van der Waals surface area contributed by atoms with Crippen LogP contribution in [0.2, 0.25) is 0 Å². The third-order valence-electron chi connectivity index (χ3n) is 5.15. The molecule has 0 spiro atoms. The van der Waals surface area contributed by atoms with E-state index in [0.717, 1.165) is 49.7 Å². The monoisotopic (exact) mass is 446 g/mol. The molecule has 0 atom stereocenters. The van der Waals surface area contributed by atoms with Crippen LogP contribution >= 0.6 is 0 Å². The number of ether oxygens (including phenoxy) is 2. The van der Waals surface area contributed by atoms with Crippen molar-refractivity contribution < 1.29 is 22.7 Å². The summed E-state index contributed by atoms with van der Waals surface area (Å²) in [5.41, 5.74) is 1.89. The zero-order chi connectivity index (χ0) is 22.1. The molecule has 0 aromatic heterocycles. The average molecular weight is 447 g/mol. The maximum absolute atomic E-state index is 12.4. The highest BCUT2D eigenvalue weighted by atomic mass is 32.2. The molecule has 0 aliphatic carbocycles. The van der Waals surface area contributed by atoms with Gasteiger partial charge in [0.15, 0.2) is 9.84 Å². The third kappa shape index (κ3) is 7.65. The Hall–Kier alpha value is -2.42. The molecule has 1 heterocycles. The van der Waals surface area contributed by atoms with Gasteiger partial charge in [0.25, 0.3) is 0 Å². The van der Waals surface area contributed by atoms with Crippen molar-refractivity contribution in [2.24, 2.45) is 0 Å². The number of rotatable bonds is 10. The van der Waals surface area contributed by atoms with Crippen LogP contribution in [0.5, 0.6) is 5.75 Å². The number of morpholine rings is 1. The van der Waals surface area contributed by atoms with Gasteiger partial charge >= 0.3 is 0 Å². The first-order valence-electron chi connectivity index (χ1n) is 10.5. The van der Waals surface area contributed by atoms with Crippen LogP contribution in [0.4, 0.5) is 0 Å². The van der Waals surface area contributed by atoms with Gasteiger partial charge in [-0.15, -0.1) is 0 Å². The maximum atomic E-state index is 12.4. The Morgan fingerprint density at radius 1 is 1.13 bits per heavy atom. The summed E-state index contributed by atoms with van der Waals surface area (Å²) < 4.78 is 35.9. The van der Waals surface area contributed by atoms with Crippen LogP contribution in [0, 0.1) is 6.92 Å². The first-order chi connectivity index (χ1) is 14.9. The molecule has 0 saturated carbocycles. The zero-order valence-electron chi connectivity index (χ0n) is 17.9. The van der Waals surface area contributed by atoms with Crippen molar-refractivity contribution in [1.29, 1.82) is 0 Å². The third-order valence-corrected chi connectivity index (χ3v) is 6.88. The lowest BCUT2D eigenvalue weighted by Crippen LogP contribution is -2.38. The number of sulfone groups is 1. The number of hydrogen-bond donors (Lipinski definition) is 1. The van der Waals surface area contributed by atoms with Gasteiger partial charge in [0.1, 0.15) is 12.4 Å². The van der Waals surface area contributed by atoms with Crippen LogP contribution < -0.4 is 10.1 Å². The fraction of sp³-hybridized carbons (Fsp3) is 0.435. The van der Waals surface area contributed by atoms with Gasteiger partial charge in [0.2, 0.25) is 5.91 Å². The predicted octanol–water partition coefficient (Wildman–Crippen LogP) is 2.19. The molecule has 8 heteroatoms. The number of aryl methyl sites for hydroxylation is 1. The second kappa shape index (κ2) is 11.3. The van der Waals surface area contributed by atoms with E-state index in [2.05, 4.69) is 10.2 Å². The minimum Gasteiger partial charge on any atom is -0.492 e. The number of benzene rings is 2. The van der Waals surface area contributed by atoms with Gasteiger partial charge in [-0.25, -0.2) is 8.42 Å². The average Bonchev–Trinajstić information content (AvgIpc) is 2.78. The van der Waals surface area contributed by atoms with E-state index in [1.54, 1.807) is 24.3 Å². The minimum absolute atomic E-state index is 0.0774. The highest BCUT2D eigenvalue weighted by Gasteiger charge is 2.16. The van der Waals surface area contributed by atoms with Crippen molar-refractivity contribution in [3.05, 3.63) is 59.7 Å². The van der Waals surface area contributed by atoms with Gasteiger partial charge in [-0.2, -0.15) is 0 Å². The van der Waals surface area contributed by atoms with Crippen molar-refractivity contribution in [2.75, 3.05) is 45.2 Å². The minimum atomic E-state index is -3.47. The number of nitrogens with one attached hydrogen (secondary N) is 1. The molecule has 1 N–H and O–H groups in total. The van der Waals surface area contributed by atoms with E-state index in [4.69, 9.17) is 9.47 Å². The second-order valence-corrected chi connectivity index (χ2v) is 9.72. The van der Waals surface area contributed by atoms with Crippen molar-refractivity contribution in [3.63, 3.8) is 0 Å². The molecule has 1 fully saturated rings. The molecule has 0 unspecified atom stereocenters. The van der Waals surface area contributed by atoms with Crippen LogP contribution in [-0.4, -0.2) is 64.4 Å². The lowest BCUT2D eigenvalue weighted by molar-refractivity contribution is -0.120. The predicted molar refractivity (Wildman–Crippen MR) is 119 cm³/mol. The summed E-state index contributed by atoms with van der Waals surface area (Å²) in [4.78, 5) is 14.7. The summed E-state index contributed by atoms with van der Waals surface area (Å²) in [6.45, 7) is 7.04. The van der Waals surface area contributed by atoms with Gasteiger partial charge in [0, 0.05) is 32.6 Å². The SMILES string of the molecule is Cc1ccc(S(=O)(=O)CCC(=O)NCc2cccc(OCCN3CCOCC3)c2)cc1. The molecule has 3 rings (SSSR count). The Balaban J connectivity index is 1.41. The fourth-order valence-electron chi connectivity index (χ4n) is 3.24. The Morgan fingerprint density at radius 2 is 1.87 bits per heavy atom. The van der Waals surface area contributed by atoms with Crippen molar-refractivity contribution in [1.82, 2.24) is 10.2 Å². The van der Waals surface area contributed by atoms with E-state index < -0.39 is 9.84 Å². The second-order valence-electron chi connectivity index (χ2n) is 7.61. The molecule has 2 aromatic rings. The first-order valence-corrected chi connectivity index (χ1v) is 12.2. The van der Waals surface area contributed by atoms with Gasteiger partial charge in [0.05, 0.1) is 23.9 Å². The van der Waals surface area contributed by atoms with Crippen LogP contribution in [0.1, 0.15) is 17.5 Å². The Kier molecular flexibility index (Phi) is 8.45. The molecule has 1 amide bonds. The molecule has 2 aromatic carbocycles. The summed E-state index contributed by atoms with van der Waals surface area (Å²) in [6, 6.07) is 14.2. The van der Waals surface area contributed by atoms with E-state index in [1.165, 1.54) is 0 Å². The molecule has 7 nitrogen and oxygen atoms in total. The highest BCUT2D eigenvalue weighted by molar-refractivity contribution is 7.91. The Bertz CT molecular complexity index is 954. The van der Waals surface area contributed by atoms with E-state index in [-0.39, 0.29) is 23.0 Å². The lowest BCUT2D eigenvalue weighted by atomic mass is 10.2. The number of carbonyl (C=O) groups is 1. The van der Waals surface area contributed by atoms with Gasteiger partial charge in [-0.1, -0.05) is 29.8 Å². The summed E-state index contributed by atoms with van der Waals surface area (Å²) in [7, 11) is -3.47. The molecule has 1 saturated heterocycles. The summed E-state index contributed by atoms with van der Waals surface area (Å²) >= 11 is 0. The summed E-state index contributed by atoms with van der Waals surface area (Å²) in [6.07, 6.45) is -0.0774. The van der Waals surface area contributed by atoms with E-state index in [0.29, 0.717) is 13.2 Å². The molecule has 0 radical (unpaired) electrons. The van der Waals surface area contributed by atoms with Crippen LogP contribution in [0.3, 0.4) is 0 Å².